The number of amides is 2. The van der Waals surface area contributed by atoms with Crippen LogP contribution in [0, 0.1) is 10.1 Å². The van der Waals surface area contributed by atoms with Gasteiger partial charge >= 0.3 is 6.03 Å². The van der Waals surface area contributed by atoms with Gasteiger partial charge in [0.1, 0.15) is 5.69 Å². The van der Waals surface area contributed by atoms with Gasteiger partial charge in [-0.25, -0.2) is 5.32 Å². The minimum Gasteiger partial charge on any atom is -0.355 e. The molecule has 1 aliphatic carbocycles. The van der Waals surface area contributed by atoms with Crippen LogP contribution in [0.4, 0.5) is 10.5 Å². The van der Waals surface area contributed by atoms with Crippen molar-refractivity contribution in [2.24, 2.45) is 0 Å². The lowest BCUT2D eigenvalue weighted by atomic mass is 9.83. The largest absolute Gasteiger partial charge is 0.537 e. The average molecular weight is 296 g/mol. The molecule has 0 atom stereocenters. The molecule has 0 unspecified atom stereocenters. The molecule has 0 aromatic heterocycles. The molecular formula is C15H8N2O5. The first-order chi connectivity index (χ1) is 10.5. The van der Waals surface area contributed by atoms with Crippen LogP contribution in [0.15, 0.2) is 42.5 Å². The van der Waals surface area contributed by atoms with Crippen LogP contribution in [-0.4, -0.2) is 22.5 Å². The fraction of sp³-hybridized carbons (Fsp3) is 0. The Kier molecular flexibility index (Phi) is 3.03. The molecule has 22 heavy (non-hydrogen) atoms. The number of nitro groups is 1. The van der Waals surface area contributed by atoms with Crippen LogP contribution in [0.1, 0.15) is 31.8 Å². The fourth-order valence-corrected chi connectivity index (χ4v) is 2.41. The maximum absolute atomic E-state index is 12.6. The molecule has 108 valence electrons. The number of benzene rings is 2. The van der Waals surface area contributed by atoms with Gasteiger partial charge in [-0.15, -0.1) is 0 Å². The molecule has 2 aromatic carbocycles. The number of carbonyl (C=O) groups excluding carboxylic acids is 3. The molecule has 7 heteroatoms. The van der Waals surface area contributed by atoms with Crippen molar-refractivity contribution in [3.63, 3.8) is 0 Å². The number of rotatable bonds is 1. The van der Waals surface area contributed by atoms with Crippen LogP contribution in [0.3, 0.4) is 0 Å². The third-order valence-corrected chi connectivity index (χ3v) is 3.36. The van der Waals surface area contributed by atoms with Crippen LogP contribution in [-0.2, 0) is 0 Å². The summed E-state index contributed by atoms with van der Waals surface area (Å²) in [5.74, 6) is -0.813. The molecule has 0 spiro atoms. The molecule has 1 N–H and O–H groups in total. The van der Waals surface area contributed by atoms with Crippen LogP contribution in [0.25, 0.3) is 0 Å². The summed E-state index contributed by atoms with van der Waals surface area (Å²) < 4.78 is 0. The molecule has 0 fully saturated rings. The summed E-state index contributed by atoms with van der Waals surface area (Å²) in [6.07, 6.45) is 0. The second-order valence-electron chi connectivity index (χ2n) is 4.62. The molecule has 0 radical (unpaired) electrons. The molecule has 2 aromatic rings. The summed E-state index contributed by atoms with van der Waals surface area (Å²) in [6.45, 7) is 0. The number of fused-ring (bicyclic) bond motifs is 2. The van der Waals surface area contributed by atoms with Crippen LogP contribution < -0.4 is 5.32 Å². The summed E-state index contributed by atoms with van der Waals surface area (Å²) in [4.78, 5) is 45.5. The smallest absolute Gasteiger partial charge is 0.355 e. The van der Waals surface area contributed by atoms with E-state index in [1.165, 1.54) is 24.3 Å². The molecule has 0 bridgehead atoms. The van der Waals surface area contributed by atoms with Crippen molar-refractivity contribution in [3.05, 3.63) is 74.8 Å². The number of ketones is 2. The van der Waals surface area contributed by atoms with E-state index in [0.717, 1.165) is 0 Å². The maximum Gasteiger partial charge on any atom is 0.537 e. The zero-order valence-corrected chi connectivity index (χ0v) is 11.0. The number of hydrogen-bond acceptors (Lipinski definition) is 5. The Balaban J connectivity index is 2.17. The quantitative estimate of drug-likeness (QED) is 0.547. The molecule has 1 aliphatic rings. The van der Waals surface area contributed by atoms with Crippen molar-refractivity contribution in [1.82, 2.24) is 0 Å². The molecule has 7 nitrogen and oxygen atoms in total. The Hall–Kier alpha value is -3.35. The summed E-state index contributed by atoms with van der Waals surface area (Å²) in [5.41, 5.74) is 0.527. The first-order valence-electron chi connectivity index (χ1n) is 6.27. The van der Waals surface area contributed by atoms with Crippen molar-refractivity contribution >= 4 is 23.3 Å². The van der Waals surface area contributed by atoms with Gasteiger partial charge in [-0.3, -0.25) is 9.59 Å². The third kappa shape index (κ3) is 1.96. The summed E-state index contributed by atoms with van der Waals surface area (Å²) in [6, 6.07) is 9.10. The van der Waals surface area contributed by atoms with Gasteiger partial charge in [-0.05, 0) is 12.1 Å². The van der Waals surface area contributed by atoms with E-state index in [1.807, 2.05) is 5.32 Å². The second kappa shape index (κ2) is 4.88. The monoisotopic (exact) mass is 296 g/mol. The normalized spacial score (nSPS) is 12.4. The Bertz CT molecular complexity index is 857. The van der Waals surface area contributed by atoms with Gasteiger partial charge in [0.05, 0.1) is 5.56 Å². The second-order valence-corrected chi connectivity index (χ2v) is 4.62. The van der Waals surface area contributed by atoms with E-state index in [4.69, 9.17) is 0 Å². The number of nitrogens with one attached hydrogen (secondary N) is 1. The number of anilines is 1. The van der Waals surface area contributed by atoms with Crippen molar-refractivity contribution in [1.29, 1.82) is 0 Å². The van der Waals surface area contributed by atoms with E-state index >= 15 is 0 Å². The number of nitrogens with zero attached hydrogens (tertiary/aromatic N) is 1. The van der Waals surface area contributed by atoms with E-state index < -0.39 is 16.7 Å². The molecule has 0 heterocycles. The molecular weight excluding hydrogens is 288 g/mol. The fourth-order valence-electron chi connectivity index (χ4n) is 2.41. The average Bonchev–Trinajstić information content (AvgIpc) is 2.52. The van der Waals surface area contributed by atoms with Crippen molar-refractivity contribution in [3.8, 4) is 0 Å². The van der Waals surface area contributed by atoms with E-state index in [0.29, 0.717) is 0 Å². The van der Waals surface area contributed by atoms with E-state index in [-0.39, 0.29) is 33.7 Å². The third-order valence-electron chi connectivity index (χ3n) is 3.36. The van der Waals surface area contributed by atoms with Gasteiger partial charge in [-0.2, -0.15) is 4.79 Å². The highest BCUT2D eigenvalue weighted by Gasteiger charge is 2.33. The van der Waals surface area contributed by atoms with Crippen LogP contribution in [0.2, 0.25) is 0 Å². The highest BCUT2D eigenvalue weighted by atomic mass is 16.6. The minimum atomic E-state index is -1.47. The van der Waals surface area contributed by atoms with Gasteiger partial charge in [0.25, 0.3) is 0 Å². The predicted molar refractivity (Wildman–Crippen MR) is 75.8 cm³/mol. The SMILES string of the molecule is O=C1c2ccccc2C(=O)c2c(NC(=O)[N+](=O)[O-])cccc21. The van der Waals surface area contributed by atoms with Gasteiger partial charge < -0.3 is 10.1 Å². The molecule has 0 saturated carbocycles. The van der Waals surface area contributed by atoms with E-state index in [9.17, 15) is 24.5 Å². The summed E-state index contributed by atoms with van der Waals surface area (Å²) in [5, 5.41) is 12.5. The van der Waals surface area contributed by atoms with Crippen LogP contribution >= 0.6 is 0 Å². The molecule has 2 amide bonds. The lowest BCUT2D eigenvalue weighted by Crippen LogP contribution is -2.25. The summed E-state index contributed by atoms with van der Waals surface area (Å²) in [7, 11) is 0. The topological polar surface area (TPSA) is 106 Å². The predicted octanol–water partition coefficient (Wildman–Crippen LogP) is 2.27. The first-order valence-corrected chi connectivity index (χ1v) is 6.27. The molecule has 0 aliphatic heterocycles. The number of urea groups is 1. The lowest BCUT2D eigenvalue weighted by Gasteiger charge is -2.18. The Morgan fingerprint density at radius 3 is 2.14 bits per heavy atom. The van der Waals surface area contributed by atoms with Crippen LogP contribution in [0.5, 0.6) is 0 Å². The highest BCUT2D eigenvalue weighted by molar-refractivity contribution is 6.30. The molecule has 3 rings (SSSR count). The maximum atomic E-state index is 12.6. The van der Waals surface area contributed by atoms with Crippen molar-refractivity contribution < 1.29 is 19.3 Å². The standard InChI is InChI=1S/C15H8N2O5/c18-13-8-4-1-2-5-9(8)14(19)12-10(13)6-3-7-11(12)16-15(20)17(21)22/h1-7H,(H,16,20). The van der Waals surface area contributed by atoms with E-state index in [1.54, 1.807) is 18.2 Å². The molecule has 0 saturated heterocycles. The Morgan fingerprint density at radius 2 is 1.50 bits per heavy atom. The van der Waals surface area contributed by atoms with Crippen molar-refractivity contribution in [2.45, 2.75) is 0 Å². The summed E-state index contributed by atoms with van der Waals surface area (Å²) >= 11 is 0. The van der Waals surface area contributed by atoms with E-state index in [2.05, 4.69) is 0 Å². The minimum absolute atomic E-state index is 0.0265. The van der Waals surface area contributed by atoms with Crippen molar-refractivity contribution in [2.75, 3.05) is 5.32 Å². The van der Waals surface area contributed by atoms with Gasteiger partial charge in [-0.1, -0.05) is 30.3 Å². The number of carbonyl (C=O) groups is 3. The van der Waals surface area contributed by atoms with Gasteiger partial charge in [0.15, 0.2) is 11.6 Å². The van der Waals surface area contributed by atoms with Gasteiger partial charge in [0.2, 0.25) is 0 Å². The van der Waals surface area contributed by atoms with Gasteiger partial charge in [0, 0.05) is 21.6 Å². The first kappa shape index (κ1) is 13.6. The number of hydrogen-bond donors (Lipinski definition) is 1. The Morgan fingerprint density at radius 1 is 0.909 bits per heavy atom. The lowest BCUT2D eigenvalue weighted by molar-refractivity contribution is -0.368. The highest BCUT2D eigenvalue weighted by Crippen LogP contribution is 2.31. The zero-order chi connectivity index (χ0) is 15.9. The Labute approximate surface area is 123 Å². The zero-order valence-electron chi connectivity index (χ0n) is 11.0.